The molecule has 1 fully saturated rings. The Bertz CT molecular complexity index is 810. The van der Waals surface area contributed by atoms with Gasteiger partial charge in [-0.25, -0.2) is 4.79 Å². The molecule has 0 aliphatic carbocycles. The molecule has 25 heavy (non-hydrogen) atoms. The van der Waals surface area contributed by atoms with E-state index in [9.17, 15) is 9.59 Å². The Morgan fingerprint density at radius 3 is 2.56 bits per heavy atom. The average Bonchev–Trinajstić information content (AvgIpc) is 3.07. The van der Waals surface area contributed by atoms with Gasteiger partial charge in [0.15, 0.2) is 5.76 Å². The summed E-state index contributed by atoms with van der Waals surface area (Å²) in [5, 5.41) is 8.95. The number of nitrogens with zero attached hydrogens (tertiary/aromatic N) is 1. The van der Waals surface area contributed by atoms with Gasteiger partial charge in [0.2, 0.25) is 5.76 Å². The number of carbonyl (C=O) groups excluding carboxylic acids is 1. The number of morpholine rings is 1. The van der Waals surface area contributed by atoms with Crippen molar-refractivity contribution in [3.05, 3.63) is 58.5 Å². The lowest BCUT2D eigenvalue weighted by molar-refractivity contribution is -0.0498. The number of furan rings is 1. The van der Waals surface area contributed by atoms with E-state index in [1.165, 1.54) is 12.1 Å². The fourth-order valence-electron chi connectivity index (χ4n) is 3.04. The van der Waals surface area contributed by atoms with Gasteiger partial charge >= 0.3 is 5.97 Å². The maximum atomic E-state index is 12.8. The summed E-state index contributed by atoms with van der Waals surface area (Å²) in [7, 11) is 0. The number of aromatic carboxylic acids is 1. The third kappa shape index (κ3) is 3.44. The van der Waals surface area contributed by atoms with E-state index in [0.717, 1.165) is 16.7 Å². The van der Waals surface area contributed by atoms with E-state index in [1.807, 2.05) is 32.9 Å². The lowest BCUT2D eigenvalue weighted by atomic mass is 9.98. The molecule has 3 rings (SSSR count). The molecule has 132 valence electrons. The molecule has 1 amide bonds. The van der Waals surface area contributed by atoms with Crippen molar-refractivity contribution in [3.8, 4) is 0 Å². The van der Waals surface area contributed by atoms with Crippen LogP contribution in [0.5, 0.6) is 0 Å². The Morgan fingerprint density at radius 2 is 1.88 bits per heavy atom. The monoisotopic (exact) mass is 343 g/mol. The number of ether oxygens (including phenoxy) is 1. The molecular weight excluding hydrogens is 322 g/mol. The zero-order valence-electron chi connectivity index (χ0n) is 14.5. The maximum absolute atomic E-state index is 12.8. The summed E-state index contributed by atoms with van der Waals surface area (Å²) in [5.74, 6) is -1.72. The minimum absolute atomic E-state index is 0.0332. The number of carbonyl (C=O) groups is 2. The fourth-order valence-corrected chi connectivity index (χ4v) is 3.04. The SMILES string of the molecule is Cc1ccc(C)c(C2CN(C(=O)c3ccc(C(=O)O)o3)C(C)CO2)c1. The van der Waals surface area contributed by atoms with Crippen LogP contribution in [0.25, 0.3) is 0 Å². The number of benzene rings is 1. The summed E-state index contributed by atoms with van der Waals surface area (Å²) in [6.07, 6.45) is -0.214. The van der Waals surface area contributed by atoms with E-state index < -0.39 is 5.97 Å². The number of carboxylic acid groups (broad SMARTS) is 1. The second-order valence-electron chi connectivity index (χ2n) is 6.46. The van der Waals surface area contributed by atoms with Gasteiger partial charge in [0.1, 0.15) is 6.10 Å². The topological polar surface area (TPSA) is 80.0 Å². The van der Waals surface area contributed by atoms with Crippen LogP contribution in [-0.2, 0) is 4.74 Å². The molecular formula is C19H21NO5. The highest BCUT2D eigenvalue weighted by atomic mass is 16.5. The minimum atomic E-state index is -1.19. The van der Waals surface area contributed by atoms with Crippen LogP contribution in [0.4, 0.5) is 0 Å². The van der Waals surface area contributed by atoms with Crippen molar-refractivity contribution in [3.63, 3.8) is 0 Å². The molecule has 0 spiro atoms. The van der Waals surface area contributed by atoms with Crippen LogP contribution in [0.15, 0.2) is 34.7 Å². The molecule has 0 bridgehead atoms. The molecule has 0 saturated carbocycles. The Balaban J connectivity index is 1.83. The van der Waals surface area contributed by atoms with Crippen LogP contribution in [0.1, 0.15) is 50.8 Å². The minimum Gasteiger partial charge on any atom is -0.475 e. The van der Waals surface area contributed by atoms with Gasteiger partial charge in [-0.1, -0.05) is 23.8 Å². The molecule has 1 aromatic heterocycles. The van der Waals surface area contributed by atoms with Gasteiger partial charge < -0.3 is 19.2 Å². The summed E-state index contributed by atoms with van der Waals surface area (Å²) < 4.78 is 11.1. The van der Waals surface area contributed by atoms with Gasteiger partial charge in [-0.2, -0.15) is 0 Å². The first-order valence-electron chi connectivity index (χ1n) is 8.19. The van der Waals surface area contributed by atoms with Gasteiger partial charge in [0.05, 0.1) is 19.2 Å². The van der Waals surface area contributed by atoms with Crippen molar-refractivity contribution in [1.29, 1.82) is 0 Å². The lowest BCUT2D eigenvalue weighted by Crippen LogP contribution is -2.48. The van der Waals surface area contributed by atoms with Crippen molar-refractivity contribution in [2.24, 2.45) is 0 Å². The number of hydrogen-bond donors (Lipinski definition) is 1. The molecule has 2 unspecified atom stereocenters. The molecule has 6 heteroatoms. The molecule has 1 aromatic carbocycles. The van der Waals surface area contributed by atoms with Gasteiger partial charge in [-0.3, -0.25) is 4.79 Å². The summed E-state index contributed by atoms with van der Waals surface area (Å²) in [6, 6.07) is 8.75. The third-order valence-electron chi connectivity index (χ3n) is 4.50. The molecule has 1 N–H and O–H groups in total. The molecule has 1 saturated heterocycles. The van der Waals surface area contributed by atoms with Crippen molar-refractivity contribution >= 4 is 11.9 Å². The van der Waals surface area contributed by atoms with E-state index in [2.05, 4.69) is 6.07 Å². The van der Waals surface area contributed by atoms with Gasteiger partial charge in [-0.05, 0) is 44.0 Å². The largest absolute Gasteiger partial charge is 0.475 e. The highest BCUT2D eigenvalue weighted by molar-refractivity contribution is 5.93. The molecule has 2 heterocycles. The van der Waals surface area contributed by atoms with Gasteiger partial charge in [0, 0.05) is 0 Å². The van der Waals surface area contributed by atoms with Gasteiger partial charge in [0.25, 0.3) is 5.91 Å². The number of rotatable bonds is 3. The predicted molar refractivity (Wildman–Crippen MR) is 90.8 cm³/mol. The third-order valence-corrected chi connectivity index (χ3v) is 4.50. The average molecular weight is 343 g/mol. The van der Waals surface area contributed by atoms with Crippen LogP contribution in [-0.4, -0.2) is 41.1 Å². The first kappa shape index (κ1) is 17.2. The molecule has 1 aliphatic rings. The van der Waals surface area contributed by atoms with Crippen LogP contribution >= 0.6 is 0 Å². The number of hydrogen-bond acceptors (Lipinski definition) is 4. The summed E-state index contributed by atoms with van der Waals surface area (Å²) >= 11 is 0. The highest BCUT2D eigenvalue weighted by Crippen LogP contribution is 2.29. The van der Waals surface area contributed by atoms with Gasteiger partial charge in [-0.15, -0.1) is 0 Å². The fraction of sp³-hybridized carbons (Fsp3) is 0.368. The Kier molecular flexibility index (Phi) is 4.63. The maximum Gasteiger partial charge on any atom is 0.371 e. The summed E-state index contributed by atoms with van der Waals surface area (Å²) in [5.41, 5.74) is 3.32. The van der Waals surface area contributed by atoms with Crippen molar-refractivity contribution < 1.29 is 23.8 Å². The second kappa shape index (κ2) is 6.72. The van der Waals surface area contributed by atoms with E-state index in [4.69, 9.17) is 14.3 Å². The first-order chi connectivity index (χ1) is 11.9. The quantitative estimate of drug-likeness (QED) is 0.926. The predicted octanol–water partition coefficient (Wildman–Crippen LogP) is 3.20. The van der Waals surface area contributed by atoms with E-state index in [0.29, 0.717) is 13.2 Å². The highest BCUT2D eigenvalue weighted by Gasteiger charge is 2.33. The smallest absolute Gasteiger partial charge is 0.371 e. The summed E-state index contributed by atoms with van der Waals surface area (Å²) in [6.45, 7) is 6.75. The Morgan fingerprint density at radius 1 is 1.16 bits per heavy atom. The zero-order valence-corrected chi connectivity index (χ0v) is 14.5. The van der Waals surface area contributed by atoms with Crippen LogP contribution in [0, 0.1) is 13.8 Å². The van der Waals surface area contributed by atoms with Crippen molar-refractivity contribution in [1.82, 2.24) is 4.90 Å². The molecule has 2 atom stereocenters. The van der Waals surface area contributed by atoms with E-state index >= 15 is 0 Å². The second-order valence-corrected chi connectivity index (χ2v) is 6.46. The molecule has 6 nitrogen and oxygen atoms in total. The van der Waals surface area contributed by atoms with E-state index in [-0.39, 0.29) is 29.6 Å². The number of carboxylic acids is 1. The van der Waals surface area contributed by atoms with Crippen molar-refractivity contribution in [2.75, 3.05) is 13.2 Å². The Hall–Kier alpha value is -2.60. The lowest BCUT2D eigenvalue weighted by Gasteiger charge is -2.38. The van der Waals surface area contributed by atoms with Crippen LogP contribution in [0.3, 0.4) is 0 Å². The Labute approximate surface area is 146 Å². The zero-order chi connectivity index (χ0) is 18.1. The first-order valence-corrected chi connectivity index (χ1v) is 8.19. The normalized spacial score (nSPS) is 20.5. The number of amides is 1. The molecule has 1 aliphatic heterocycles. The van der Waals surface area contributed by atoms with E-state index in [1.54, 1.807) is 4.90 Å². The van der Waals surface area contributed by atoms with Crippen LogP contribution < -0.4 is 0 Å². The molecule has 2 aromatic rings. The number of aryl methyl sites for hydroxylation is 2. The van der Waals surface area contributed by atoms with Crippen molar-refractivity contribution in [2.45, 2.75) is 32.9 Å². The van der Waals surface area contributed by atoms with Crippen LogP contribution in [0.2, 0.25) is 0 Å². The standard InChI is InChI=1S/C19H21NO5/c1-11-4-5-12(2)14(8-11)17-9-20(13(3)10-24-17)18(21)15-6-7-16(25-15)19(22)23/h4-8,13,17H,9-10H2,1-3H3,(H,22,23). The summed E-state index contributed by atoms with van der Waals surface area (Å²) in [4.78, 5) is 25.4. The molecule has 0 radical (unpaired) electrons.